The summed E-state index contributed by atoms with van der Waals surface area (Å²) in [6, 6.07) is 11.2. The number of unbranched alkanes of at least 4 members (excludes halogenated alkanes) is 1. The molecule has 0 aliphatic rings. The Hall–Kier alpha value is -2.56. The molecule has 0 aromatic heterocycles. The summed E-state index contributed by atoms with van der Waals surface area (Å²) in [6.45, 7) is 2.90. The van der Waals surface area contributed by atoms with Gasteiger partial charge in [0.25, 0.3) is 5.91 Å². The molecule has 0 spiro atoms. The van der Waals surface area contributed by atoms with Gasteiger partial charge in [-0.05, 0) is 36.2 Å². The summed E-state index contributed by atoms with van der Waals surface area (Å²) in [5.41, 5.74) is 1.24. The van der Waals surface area contributed by atoms with E-state index in [0.29, 0.717) is 30.2 Å². The summed E-state index contributed by atoms with van der Waals surface area (Å²) >= 11 is 0. The second-order valence-corrected chi connectivity index (χ2v) is 5.35. The Morgan fingerprint density at radius 3 is 2.58 bits per heavy atom. The first-order valence-corrected chi connectivity index (χ1v) is 7.98. The van der Waals surface area contributed by atoms with Crippen molar-refractivity contribution in [2.75, 3.05) is 13.7 Å². The number of rotatable bonds is 8. The van der Waals surface area contributed by atoms with Crippen LogP contribution in [0, 0.1) is 5.82 Å². The Bertz CT molecular complexity index is 671. The molecule has 128 valence electrons. The molecule has 2 rings (SSSR count). The highest BCUT2D eigenvalue weighted by molar-refractivity contribution is 5.97. The number of hydrogen-bond acceptors (Lipinski definition) is 3. The van der Waals surface area contributed by atoms with E-state index in [-0.39, 0.29) is 11.7 Å². The zero-order valence-electron chi connectivity index (χ0n) is 14.0. The highest BCUT2D eigenvalue weighted by Gasteiger charge is 2.16. The Balaban J connectivity index is 2.10. The summed E-state index contributed by atoms with van der Waals surface area (Å²) in [6.07, 6.45) is 1.90. The van der Waals surface area contributed by atoms with Gasteiger partial charge >= 0.3 is 0 Å². The fourth-order valence-electron chi connectivity index (χ4n) is 2.20. The lowest BCUT2D eigenvalue weighted by Crippen LogP contribution is -2.23. The van der Waals surface area contributed by atoms with Crippen LogP contribution in [0.25, 0.3) is 0 Å². The zero-order chi connectivity index (χ0) is 17.4. The third-order valence-corrected chi connectivity index (χ3v) is 3.55. The maximum atomic E-state index is 12.9. The van der Waals surface area contributed by atoms with Crippen molar-refractivity contribution < 1.29 is 18.7 Å². The number of halogens is 1. The fraction of sp³-hybridized carbons (Fsp3) is 0.316. The van der Waals surface area contributed by atoms with Crippen LogP contribution in [0.5, 0.6) is 11.5 Å². The second-order valence-electron chi connectivity index (χ2n) is 5.35. The number of amides is 1. The normalized spacial score (nSPS) is 10.3. The third-order valence-electron chi connectivity index (χ3n) is 3.55. The maximum absolute atomic E-state index is 12.9. The van der Waals surface area contributed by atoms with Crippen LogP contribution in [0.2, 0.25) is 0 Å². The first-order chi connectivity index (χ1) is 11.7. The lowest BCUT2D eigenvalue weighted by atomic mass is 10.1. The molecular weight excluding hydrogens is 309 g/mol. The van der Waals surface area contributed by atoms with Gasteiger partial charge in [0.1, 0.15) is 5.82 Å². The monoisotopic (exact) mass is 331 g/mol. The van der Waals surface area contributed by atoms with Crippen LogP contribution in [0.4, 0.5) is 4.39 Å². The number of nitrogens with one attached hydrogen (secondary N) is 1. The van der Waals surface area contributed by atoms with E-state index in [1.807, 2.05) is 0 Å². The quantitative estimate of drug-likeness (QED) is 0.745. The Kier molecular flexibility index (Phi) is 6.61. The van der Waals surface area contributed by atoms with Gasteiger partial charge in [-0.15, -0.1) is 0 Å². The minimum Gasteiger partial charge on any atom is -0.493 e. The predicted molar refractivity (Wildman–Crippen MR) is 91.0 cm³/mol. The number of methoxy groups -OCH3 is 1. The van der Waals surface area contributed by atoms with E-state index in [0.717, 1.165) is 18.4 Å². The minimum absolute atomic E-state index is 0.260. The van der Waals surface area contributed by atoms with E-state index in [2.05, 4.69) is 12.2 Å². The molecule has 2 aromatic carbocycles. The van der Waals surface area contributed by atoms with Crippen molar-refractivity contribution in [3.8, 4) is 11.5 Å². The van der Waals surface area contributed by atoms with Crippen LogP contribution in [0.1, 0.15) is 35.7 Å². The van der Waals surface area contributed by atoms with Crippen molar-refractivity contribution >= 4 is 5.91 Å². The Morgan fingerprint density at radius 2 is 1.92 bits per heavy atom. The number of benzene rings is 2. The van der Waals surface area contributed by atoms with E-state index in [1.165, 1.54) is 12.1 Å². The van der Waals surface area contributed by atoms with Gasteiger partial charge in [-0.25, -0.2) is 4.39 Å². The lowest BCUT2D eigenvalue weighted by molar-refractivity contribution is 0.0946. The van der Waals surface area contributed by atoms with Crippen molar-refractivity contribution in [2.45, 2.75) is 26.3 Å². The first kappa shape index (κ1) is 17.8. The van der Waals surface area contributed by atoms with Crippen molar-refractivity contribution in [3.05, 3.63) is 59.4 Å². The molecule has 24 heavy (non-hydrogen) atoms. The van der Waals surface area contributed by atoms with E-state index in [4.69, 9.17) is 9.47 Å². The topological polar surface area (TPSA) is 47.6 Å². The molecule has 0 fully saturated rings. The number of ether oxygens (including phenoxy) is 2. The minimum atomic E-state index is -0.301. The summed E-state index contributed by atoms with van der Waals surface area (Å²) < 4.78 is 24.0. The molecule has 0 saturated heterocycles. The molecule has 0 unspecified atom stereocenters. The van der Waals surface area contributed by atoms with Crippen LogP contribution < -0.4 is 14.8 Å². The first-order valence-electron chi connectivity index (χ1n) is 7.98. The fourth-order valence-corrected chi connectivity index (χ4v) is 2.20. The molecule has 1 amide bonds. The molecule has 1 N–H and O–H groups in total. The van der Waals surface area contributed by atoms with Crippen molar-refractivity contribution in [1.82, 2.24) is 5.32 Å². The molecule has 2 aromatic rings. The van der Waals surface area contributed by atoms with Crippen LogP contribution in [-0.2, 0) is 6.54 Å². The smallest absolute Gasteiger partial charge is 0.255 e. The van der Waals surface area contributed by atoms with Gasteiger partial charge in [0.15, 0.2) is 11.5 Å². The highest BCUT2D eigenvalue weighted by Crippen LogP contribution is 2.31. The number of hydrogen-bond donors (Lipinski definition) is 1. The molecule has 0 saturated carbocycles. The molecule has 4 nitrogen and oxygen atoms in total. The van der Waals surface area contributed by atoms with Crippen LogP contribution in [-0.4, -0.2) is 19.6 Å². The second kappa shape index (κ2) is 8.91. The maximum Gasteiger partial charge on any atom is 0.255 e. The summed E-state index contributed by atoms with van der Waals surface area (Å²) in [5, 5.41) is 2.82. The van der Waals surface area contributed by atoms with Crippen LogP contribution in [0.3, 0.4) is 0 Å². The summed E-state index contributed by atoms with van der Waals surface area (Å²) in [7, 11) is 1.54. The average molecular weight is 331 g/mol. The molecule has 0 heterocycles. The molecule has 0 atom stereocenters. The lowest BCUT2D eigenvalue weighted by Gasteiger charge is -2.15. The molecular formula is C19H22FNO3. The predicted octanol–water partition coefficient (Wildman–Crippen LogP) is 3.94. The standard InChI is InChI=1S/C19H22FNO3/c1-3-4-12-24-18-16(6-5-7-17(18)23-2)19(22)21-13-14-8-10-15(20)11-9-14/h5-11H,3-4,12-13H2,1-2H3,(H,21,22). The van der Waals surface area contributed by atoms with Gasteiger partial charge in [-0.1, -0.05) is 31.5 Å². The van der Waals surface area contributed by atoms with Crippen molar-refractivity contribution in [1.29, 1.82) is 0 Å². The van der Waals surface area contributed by atoms with E-state index >= 15 is 0 Å². The van der Waals surface area contributed by atoms with Crippen molar-refractivity contribution in [3.63, 3.8) is 0 Å². The number of para-hydroxylation sites is 1. The molecule has 5 heteroatoms. The molecule has 0 aliphatic carbocycles. The molecule has 0 aliphatic heterocycles. The van der Waals surface area contributed by atoms with Gasteiger partial charge in [0.2, 0.25) is 0 Å². The Morgan fingerprint density at radius 1 is 1.17 bits per heavy atom. The summed E-state index contributed by atoms with van der Waals surface area (Å²) in [5.74, 6) is 0.416. The zero-order valence-corrected chi connectivity index (χ0v) is 14.0. The largest absolute Gasteiger partial charge is 0.493 e. The van der Waals surface area contributed by atoms with E-state index in [1.54, 1.807) is 37.4 Å². The van der Waals surface area contributed by atoms with Gasteiger partial charge in [0, 0.05) is 6.54 Å². The van der Waals surface area contributed by atoms with Gasteiger partial charge in [-0.3, -0.25) is 4.79 Å². The molecule has 0 radical (unpaired) electrons. The number of carbonyl (C=O) groups is 1. The van der Waals surface area contributed by atoms with Crippen LogP contribution >= 0.6 is 0 Å². The van der Waals surface area contributed by atoms with E-state index in [9.17, 15) is 9.18 Å². The SMILES string of the molecule is CCCCOc1c(OC)cccc1C(=O)NCc1ccc(F)cc1. The highest BCUT2D eigenvalue weighted by atomic mass is 19.1. The average Bonchev–Trinajstić information content (AvgIpc) is 2.61. The summed E-state index contributed by atoms with van der Waals surface area (Å²) in [4.78, 5) is 12.5. The van der Waals surface area contributed by atoms with Gasteiger partial charge in [0.05, 0.1) is 19.3 Å². The molecule has 0 bridgehead atoms. The van der Waals surface area contributed by atoms with Gasteiger partial charge < -0.3 is 14.8 Å². The number of carbonyl (C=O) groups excluding carboxylic acids is 1. The third kappa shape index (κ3) is 4.72. The van der Waals surface area contributed by atoms with Crippen molar-refractivity contribution in [2.24, 2.45) is 0 Å². The van der Waals surface area contributed by atoms with Crippen LogP contribution in [0.15, 0.2) is 42.5 Å². The van der Waals surface area contributed by atoms with E-state index < -0.39 is 0 Å². The van der Waals surface area contributed by atoms with Gasteiger partial charge in [-0.2, -0.15) is 0 Å². The Labute approximate surface area is 141 Å².